The Balaban J connectivity index is 1.84. The highest BCUT2D eigenvalue weighted by Crippen LogP contribution is 2.18. The molecule has 0 fully saturated rings. The minimum atomic E-state index is -0.614. The lowest BCUT2D eigenvalue weighted by Crippen LogP contribution is -2.31. The zero-order chi connectivity index (χ0) is 20.8. The molecule has 0 spiro atoms. The fraction of sp³-hybridized carbons (Fsp3) is 0.182. The van der Waals surface area contributed by atoms with Crippen LogP contribution in [0.4, 0.5) is 4.39 Å². The molecule has 1 atom stereocenters. The van der Waals surface area contributed by atoms with Crippen molar-refractivity contribution >= 4 is 16.6 Å². The number of hydrogen-bond acceptors (Lipinski definition) is 5. The van der Waals surface area contributed by atoms with Gasteiger partial charge in [0.05, 0.1) is 17.8 Å². The standard InChI is InChI=1S/C22H20FN5O/c1-4-15(2)28-21(27-19-10-7-9-18(23)20(19)22(28)29)16(3)25-11-6-5-8-17-14-24-12-13-26-17/h4,7,9-10,12-14,16,25H,1-2,6,11H2,3H3. The van der Waals surface area contributed by atoms with Crippen molar-refractivity contribution < 1.29 is 4.39 Å². The number of rotatable bonds is 6. The van der Waals surface area contributed by atoms with Crippen LogP contribution in [0.3, 0.4) is 0 Å². The lowest BCUT2D eigenvalue weighted by Gasteiger charge is -2.19. The third kappa shape index (κ3) is 4.45. The molecule has 0 aliphatic rings. The topological polar surface area (TPSA) is 72.7 Å². The van der Waals surface area contributed by atoms with Gasteiger partial charge in [0.2, 0.25) is 0 Å². The highest BCUT2D eigenvalue weighted by molar-refractivity contribution is 5.79. The average Bonchev–Trinajstić information content (AvgIpc) is 2.73. The monoisotopic (exact) mass is 389 g/mol. The predicted molar refractivity (Wildman–Crippen MR) is 111 cm³/mol. The van der Waals surface area contributed by atoms with Crippen molar-refractivity contribution in [3.05, 3.63) is 83.7 Å². The van der Waals surface area contributed by atoms with Gasteiger partial charge in [0.15, 0.2) is 0 Å². The van der Waals surface area contributed by atoms with Gasteiger partial charge in [-0.1, -0.05) is 25.1 Å². The average molecular weight is 389 g/mol. The van der Waals surface area contributed by atoms with Gasteiger partial charge in [0.25, 0.3) is 5.56 Å². The van der Waals surface area contributed by atoms with E-state index in [2.05, 4.69) is 45.3 Å². The van der Waals surface area contributed by atoms with Crippen LogP contribution >= 0.6 is 0 Å². The molecule has 0 saturated carbocycles. The van der Waals surface area contributed by atoms with E-state index in [1.165, 1.54) is 22.8 Å². The lowest BCUT2D eigenvalue weighted by atomic mass is 10.2. The predicted octanol–water partition coefficient (Wildman–Crippen LogP) is 3.07. The molecule has 6 nitrogen and oxygen atoms in total. The first-order valence-corrected chi connectivity index (χ1v) is 9.04. The molecule has 29 heavy (non-hydrogen) atoms. The number of nitrogens with zero attached hydrogens (tertiary/aromatic N) is 4. The summed E-state index contributed by atoms with van der Waals surface area (Å²) >= 11 is 0. The van der Waals surface area contributed by atoms with E-state index in [4.69, 9.17) is 0 Å². The van der Waals surface area contributed by atoms with E-state index >= 15 is 0 Å². The van der Waals surface area contributed by atoms with Crippen LogP contribution in [-0.4, -0.2) is 26.1 Å². The summed E-state index contributed by atoms with van der Waals surface area (Å²) in [4.78, 5) is 25.5. The van der Waals surface area contributed by atoms with Gasteiger partial charge < -0.3 is 5.32 Å². The van der Waals surface area contributed by atoms with E-state index in [9.17, 15) is 9.18 Å². The Kier molecular flexibility index (Phi) is 6.27. The van der Waals surface area contributed by atoms with Crippen molar-refractivity contribution in [2.24, 2.45) is 0 Å². The van der Waals surface area contributed by atoms with Gasteiger partial charge in [-0.05, 0) is 31.1 Å². The molecule has 0 saturated heterocycles. The smallest absolute Gasteiger partial charge is 0.268 e. The first-order valence-electron chi connectivity index (χ1n) is 9.04. The van der Waals surface area contributed by atoms with Crippen molar-refractivity contribution in [2.45, 2.75) is 19.4 Å². The van der Waals surface area contributed by atoms with Gasteiger partial charge in [-0.2, -0.15) is 0 Å². The molecule has 7 heteroatoms. The maximum absolute atomic E-state index is 14.2. The normalized spacial score (nSPS) is 11.5. The fourth-order valence-electron chi connectivity index (χ4n) is 2.83. The molecular weight excluding hydrogens is 369 g/mol. The minimum absolute atomic E-state index is 0.0683. The molecule has 1 N–H and O–H groups in total. The second-order valence-corrected chi connectivity index (χ2v) is 6.26. The molecule has 1 aromatic carbocycles. The number of hydrogen-bond donors (Lipinski definition) is 1. The number of nitrogens with one attached hydrogen (secondary N) is 1. The summed E-state index contributed by atoms with van der Waals surface area (Å²) in [5, 5.41) is 3.21. The number of fused-ring (bicyclic) bond motifs is 1. The van der Waals surface area contributed by atoms with Crippen LogP contribution in [0.15, 0.2) is 60.8 Å². The summed E-state index contributed by atoms with van der Waals surface area (Å²) < 4.78 is 15.5. The Morgan fingerprint density at radius 1 is 1.41 bits per heavy atom. The summed E-state index contributed by atoms with van der Waals surface area (Å²) in [6.45, 7) is 9.94. The fourth-order valence-corrected chi connectivity index (χ4v) is 2.83. The van der Waals surface area contributed by atoms with Crippen LogP contribution in [0, 0.1) is 17.7 Å². The second kappa shape index (κ2) is 9.04. The highest BCUT2D eigenvalue weighted by atomic mass is 19.1. The Morgan fingerprint density at radius 2 is 2.24 bits per heavy atom. The van der Waals surface area contributed by atoms with Crippen molar-refractivity contribution in [3.63, 3.8) is 0 Å². The van der Waals surface area contributed by atoms with Crippen LogP contribution in [-0.2, 0) is 0 Å². The molecule has 2 heterocycles. The second-order valence-electron chi connectivity index (χ2n) is 6.26. The van der Waals surface area contributed by atoms with Crippen LogP contribution in [0.2, 0.25) is 0 Å². The Hall–Kier alpha value is -3.63. The van der Waals surface area contributed by atoms with E-state index in [1.54, 1.807) is 24.7 Å². The van der Waals surface area contributed by atoms with Crippen LogP contribution in [0.25, 0.3) is 16.6 Å². The molecule has 0 radical (unpaired) electrons. The molecule has 1 unspecified atom stereocenters. The minimum Gasteiger partial charge on any atom is -0.307 e. The zero-order valence-electron chi connectivity index (χ0n) is 16.0. The zero-order valence-corrected chi connectivity index (χ0v) is 16.0. The lowest BCUT2D eigenvalue weighted by molar-refractivity contribution is 0.542. The molecule has 3 aromatic rings. The van der Waals surface area contributed by atoms with Gasteiger partial charge in [-0.15, -0.1) is 0 Å². The Bertz CT molecular complexity index is 1170. The third-order valence-corrected chi connectivity index (χ3v) is 4.26. The maximum Gasteiger partial charge on any atom is 0.268 e. The number of benzene rings is 1. The largest absolute Gasteiger partial charge is 0.307 e. The van der Waals surface area contributed by atoms with Gasteiger partial charge in [0, 0.05) is 31.1 Å². The number of aromatic nitrogens is 4. The molecule has 146 valence electrons. The van der Waals surface area contributed by atoms with E-state index < -0.39 is 11.4 Å². The summed E-state index contributed by atoms with van der Waals surface area (Å²) in [5.74, 6) is 5.77. The van der Waals surface area contributed by atoms with Crippen LogP contribution in [0.1, 0.15) is 30.9 Å². The molecule has 0 aliphatic heterocycles. The van der Waals surface area contributed by atoms with Crippen LogP contribution in [0.5, 0.6) is 0 Å². The highest BCUT2D eigenvalue weighted by Gasteiger charge is 2.19. The maximum atomic E-state index is 14.2. The Labute approximate surface area is 167 Å². The van der Waals surface area contributed by atoms with Crippen molar-refractivity contribution in [3.8, 4) is 11.8 Å². The molecule has 2 aromatic heterocycles. The van der Waals surface area contributed by atoms with Crippen LogP contribution < -0.4 is 10.9 Å². The molecule has 0 amide bonds. The summed E-state index contributed by atoms with van der Waals surface area (Å²) in [5.41, 5.74) is 0.729. The summed E-state index contributed by atoms with van der Waals surface area (Å²) in [7, 11) is 0. The van der Waals surface area contributed by atoms with Gasteiger partial charge in [0.1, 0.15) is 22.7 Å². The third-order valence-electron chi connectivity index (χ3n) is 4.26. The SMILES string of the molecule is C=CC(=C)n1c(C(C)NCCC#Cc2cnccn2)nc2cccc(F)c2c1=O. The van der Waals surface area contributed by atoms with E-state index in [0.29, 0.717) is 35.7 Å². The van der Waals surface area contributed by atoms with E-state index in [0.717, 1.165) is 0 Å². The summed E-state index contributed by atoms with van der Waals surface area (Å²) in [6.07, 6.45) is 6.78. The van der Waals surface area contributed by atoms with Gasteiger partial charge in [-0.25, -0.2) is 14.4 Å². The Morgan fingerprint density at radius 3 is 2.97 bits per heavy atom. The van der Waals surface area contributed by atoms with Gasteiger partial charge in [-0.3, -0.25) is 14.3 Å². The van der Waals surface area contributed by atoms with Crippen molar-refractivity contribution in [2.75, 3.05) is 6.54 Å². The number of allylic oxidation sites excluding steroid dienone is 2. The molecule has 0 aliphatic carbocycles. The van der Waals surface area contributed by atoms with Gasteiger partial charge >= 0.3 is 0 Å². The molecular formula is C22H20FN5O. The first-order chi connectivity index (χ1) is 14.0. The van der Waals surface area contributed by atoms with Crippen molar-refractivity contribution in [1.29, 1.82) is 0 Å². The first kappa shape index (κ1) is 20.1. The summed E-state index contributed by atoms with van der Waals surface area (Å²) in [6, 6.07) is 4.08. The molecule has 0 bridgehead atoms. The molecule has 3 rings (SSSR count). The van der Waals surface area contributed by atoms with E-state index in [1.807, 2.05) is 6.92 Å². The van der Waals surface area contributed by atoms with Crippen molar-refractivity contribution in [1.82, 2.24) is 24.8 Å². The quantitative estimate of drug-likeness (QED) is 0.399. The number of halogens is 1. The van der Waals surface area contributed by atoms with E-state index in [-0.39, 0.29) is 11.4 Å².